The van der Waals surface area contributed by atoms with Gasteiger partial charge in [-0.1, -0.05) is 71.2 Å². The van der Waals surface area contributed by atoms with Gasteiger partial charge in [-0.2, -0.15) is 5.10 Å². The molecular formula is C30H28Cl3N5O5. The van der Waals surface area contributed by atoms with Gasteiger partial charge in [0.15, 0.2) is 0 Å². The van der Waals surface area contributed by atoms with E-state index in [4.69, 9.17) is 49.3 Å². The van der Waals surface area contributed by atoms with Gasteiger partial charge in [0, 0.05) is 48.5 Å². The van der Waals surface area contributed by atoms with Gasteiger partial charge in [0.2, 0.25) is 5.88 Å². The van der Waals surface area contributed by atoms with E-state index in [9.17, 15) is 14.7 Å². The molecule has 1 amide bonds. The van der Waals surface area contributed by atoms with Crippen LogP contribution in [-0.4, -0.2) is 58.2 Å². The van der Waals surface area contributed by atoms with E-state index < -0.39 is 17.6 Å². The standard InChI is InChI=1S/C30H28Cl3N5O5/c1-38-30(41)25(20(31)14-35-38)28(40)36-23-8-4-6-18(27(23)33)17-5-3-7-19(26(17)32)21-10-9-16(29(37-21)42-2)13-34-22-11-12-43-15-24(22)39/h3-10,14,22,24,34,39H,11-13,15H2,1-2H3,(H,36,40). The van der Waals surface area contributed by atoms with E-state index in [1.165, 1.54) is 13.2 Å². The Morgan fingerprint density at radius 2 is 1.81 bits per heavy atom. The Bertz CT molecular complexity index is 1730. The first-order valence-corrected chi connectivity index (χ1v) is 14.5. The van der Waals surface area contributed by atoms with Crippen LogP contribution < -0.4 is 20.9 Å². The van der Waals surface area contributed by atoms with E-state index >= 15 is 0 Å². The summed E-state index contributed by atoms with van der Waals surface area (Å²) in [5.74, 6) is -0.291. The second-order valence-corrected chi connectivity index (χ2v) is 11.0. The molecular weight excluding hydrogens is 617 g/mol. The average Bonchev–Trinajstić information content (AvgIpc) is 3.00. The van der Waals surface area contributed by atoms with Crippen LogP contribution in [0, 0.1) is 0 Å². The number of benzene rings is 2. The molecule has 4 aromatic rings. The Kier molecular flexibility index (Phi) is 9.65. The molecule has 1 fully saturated rings. The largest absolute Gasteiger partial charge is 0.481 e. The molecule has 0 radical (unpaired) electrons. The zero-order chi connectivity index (χ0) is 30.7. The highest BCUT2D eigenvalue weighted by Crippen LogP contribution is 2.41. The van der Waals surface area contributed by atoms with Crippen molar-refractivity contribution in [2.75, 3.05) is 25.6 Å². The maximum atomic E-state index is 13.0. The minimum Gasteiger partial charge on any atom is -0.481 e. The molecule has 0 bridgehead atoms. The first-order chi connectivity index (χ1) is 20.7. The maximum absolute atomic E-state index is 13.0. The van der Waals surface area contributed by atoms with Crippen molar-refractivity contribution in [2.45, 2.75) is 25.1 Å². The summed E-state index contributed by atoms with van der Waals surface area (Å²) in [4.78, 5) is 30.2. The van der Waals surface area contributed by atoms with Crippen LogP contribution in [0.3, 0.4) is 0 Å². The number of hydrogen-bond donors (Lipinski definition) is 3. The number of aliphatic hydroxyl groups is 1. The van der Waals surface area contributed by atoms with Crippen LogP contribution in [0.2, 0.25) is 15.1 Å². The number of pyridine rings is 1. The lowest BCUT2D eigenvalue weighted by Crippen LogP contribution is -2.46. The summed E-state index contributed by atoms with van der Waals surface area (Å²) in [5.41, 5.74) is 2.61. The number of carbonyl (C=O) groups excluding carboxylic acids is 1. The Morgan fingerprint density at radius 3 is 2.56 bits per heavy atom. The van der Waals surface area contributed by atoms with Crippen molar-refractivity contribution in [1.82, 2.24) is 20.1 Å². The van der Waals surface area contributed by atoms with Gasteiger partial charge in [0.05, 0.1) is 52.5 Å². The van der Waals surface area contributed by atoms with Gasteiger partial charge in [-0.3, -0.25) is 9.59 Å². The third kappa shape index (κ3) is 6.54. The molecule has 2 atom stereocenters. The van der Waals surface area contributed by atoms with E-state index in [0.717, 1.165) is 10.2 Å². The number of halogens is 3. The van der Waals surface area contributed by atoms with Crippen molar-refractivity contribution in [3.05, 3.63) is 91.3 Å². The van der Waals surface area contributed by atoms with E-state index in [1.807, 2.05) is 30.3 Å². The highest BCUT2D eigenvalue weighted by molar-refractivity contribution is 6.40. The SMILES string of the molecule is COc1nc(-c2cccc(-c3cccc(NC(=O)c4c(Cl)cnn(C)c4=O)c3Cl)c2Cl)ccc1CNC1CCOCC1O. The number of aliphatic hydroxyl groups excluding tert-OH is 1. The molecule has 224 valence electrons. The molecule has 5 rings (SSSR count). The molecule has 2 unspecified atom stereocenters. The second kappa shape index (κ2) is 13.4. The third-order valence-corrected chi connectivity index (χ3v) is 8.24. The molecule has 3 heterocycles. The zero-order valence-electron chi connectivity index (χ0n) is 23.2. The highest BCUT2D eigenvalue weighted by atomic mass is 35.5. The Labute approximate surface area is 262 Å². The summed E-state index contributed by atoms with van der Waals surface area (Å²) in [6, 6.07) is 14.2. The number of ether oxygens (including phenoxy) is 2. The maximum Gasteiger partial charge on any atom is 0.280 e. The van der Waals surface area contributed by atoms with E-state index in [1.54, 1.807) is 25.3 Å². The molecule has 43 heavy (non-hydrogen) atoms. The third-order valence-electron chi connectivity index (χ3n) is 7.14. The molecule has 2 aromatic heterocycles. The second-order valence-electron chi connectivity index (χ2n) is 9.87. The smallest absolute Gasteiger partial charge is 0.280 e. The van der Waals surface area contributed by atoms with Crippen molar-refractivity contribution >= 4 is 46.4 Å². The summed E-state index contributed by atoms with van der Waals surface area (Å²) in [6.07, 6.45) is 1.36. The summed E-state index contributed by atoms with van der Waals surface area (Å²) in [7, 11) is 2.97. The number of aromatic nitrogens is 3. The van der Waals surface area contributed by atoms with Crippen molar-refractivity contribution in [2.24, 2.45) is 7.05 Å². The Balaban J connectivity index is 1.42. The Hall–Kier alpha value is -3.51. The number of rotatable bonds is 8. The van der Waals surface area contributed by atoms with Crippen molar-refractivity contribution in [1.29, 1.82) is 0 Å². The van der Waals surface area contributed by atoms with Gasteiger partial charge in [0.1, 0.15) is 5.56 Å². The summed E-state index contributed by atoms with van der Waals surface area (Å²) in [5, 5.41) is 20.6. The number of anilines is 1. The minimum atomic E-state index is -0.718. The fraction of sp³-hybridized carbons (Fsp3) is 0.267. The van der Waals surface area contributed by atoms with Crippen LogP contribution in [0.5, 0.6) is 5.88 Å². The number of methoxy groups -OCH3 is 1. The lowest BCUT2D eigenvalue weighted by atomic mass is 10.00. The van der Waals surface area contributed by atoms with Crippen molar-refractivity contribution in [3.8, 4) is 28.3 Å². The predicted molar refractivity (Wildman–Crippen MR) is 166 cm³/mol. The van der Waals surface area contributed by atoms with Crippen molar-refractivity contribution in [3.63, 3.8) is 0 Å². The van der Waals surface area contributed by atoms with E-state index in [0.29, 0.717) is 59.5 Å². The lowest BCUT2D eigenvalue weighted by molar-refractivity contribution is -0.0281. The van der Waals surface area contributed by atoms with Gasteiger partial charge in [-0.25, -0.2) is 9.67 Å². The molecule has 2 aromatic carbocycles. The number of aryl methyl sites for hydroxylation is 1. The first kappa shape index (κ1) is 30.9. The molecule has 1 aliphatic heterocycles. The predicted octanol–water partition coefficient (Wildman–Crippen LogP) is 4.97. The van der Waals surface area contributed by atoms with Crippen LogP contribution in [-0.2, 0) is 18.3 Å². The molecule has 1 aliphatic rings. The van der Waals surface area contributed by atoms with Gasteiger partial charge < -0.3 is 25.2 Å². The highest BCUT2D eigenvalue weighted by Gasteiger charge is 2.24. The fourth-order valence-electron chi connectivity index (χ4n) is 4.82. The van der Waals surface area contributed by atoms with Gasteiger partial charge in [-0.15, -0.1) is 0 Å². The molecule has 0 saturated carbocycles. The normalized spacial score (nSPS) is 16.6. The quantitative estimate of drug-likeness (QED) is 0.245. The van der Waals surface area contributed by atoms with Gasteiger partial charge in [-0.05, 0) is 18.6 Å². The zero-order valence-corrected chi connectivity index (χ0v) is 25.5. The number of hydrogen-bond acceptors (Lipinski definition) is 8. The van der Waals surface area contributed by atoms with Crippen LogP contribution in [0.25, 0.3) is 22.4 Å². The van der Waals surface area contributed by atoms with Gasteiger partial charge >= 0.3 is 0 Å². The van der Waals surface area contributed by atoms with Crippen LogP contribution in [0.15, 0.2) is 59.5 Å². The first-order valence-electron chi connectivity index (χ1n) is 13.3. The monoisotopic (exact) mass is 643 g/mol. The summed E-state index contributed by atoms with van der Waals surface area (Å²) in [6.45, 7) is 1.35. The summed E-state index contributed by atoms with van der Waals surface area (Å²) < 4.78 is 11.9. The van der Waals surface area contributed by atoms with Gasteiger partial charge in [0.25, 0.3) is 11.5 Å². The van der Waals surface area contributed by atoms with E-state index in [-0.39, 0.29) is 27.3 Å². The fourth-order valence-corrected chi connectivity index (χ4v) is 5.63. The molecule has 10 nitrogen and oxygen atoms in total. The van der Waals surface area contributed by atoms with Crippen LogP contribution in [0.4, 0.5) is 5.69 Å². The number of nitrogens with zero attached hydrogens (tertiary/aromatic N) is 3. The topological polar surface area (TPSA) is 128 Å². The van der Waals surface area contributed by atoms with Crippen LogP contribution >= 0.6 is 34.8 Å². The van der Waals surface area contributed by atoms with E-state index in [2.05, 4.69) is 15.7 Å². The number of carbonyl (C=O) groups is 1. The molecule has 13 heteroatoms. The molecule has 1 saturated heterocycles. The van der Waals surface area contributed by atoms with Crippen LogP contribution in [0.1, 0.15) is 22.3 Å². The number of amides is 1. The number of nitrogens with one attached hydrogen (secondary N) is 2. The molecule has 0 aliphatic carbocycles. The Morgan fingerprint density at radius 1 is 1.09 bits per heavy atom. The average molecular weight is 645 g/mol. The summed E-state index contributed by atoms with van der Waals surface area (Å²) >= 11 is 19.8. The molecule has 3 N–H and O–H groups in total. The molecule has 0 spiro atoms. The lowest BCUT2D eigenvalue weighted by Gasteiger charge is -2.28. The minimum absolute atomic E-state index is 0.0745. The van der Waals surface area contributed by atoms with Crippen molar-refractivity contribution < 1.29 is 19.4 Å².